The lowest BCUT2D eigenvalue weighted by molar-refractivity contribution is -0.152. The van der Waals surface area contributed by atoms with Crippen molar-refractivity contribution < 1.29 is 19.4 Å². The largest absolute Gasteiger partial charge is 0.481 e. The highest BCUT2D eigenvalue weighted by atomic mass is 16.6. The molecule has 1 unspecified atom stereocenters. The number of carbonyl (C=O) groups is 2. The van der Waals surface area contributed by atoms with Crippen molar-refractivity contribution in [3.63, 3.8) is 0 Å². The number of carbonyl (C=O) groups excluding carboxylic acids is 1. The highest BCUT2D eigenvalue weighted by Gasteiger charge is 2.43. The normalized spacial score (nSPS) is 20.8. The van der Waals surface area contributed by atoms with Crippen LogP contribution in [0, 0.1) is 5.41 Å². The van der Waals surface area contributed by atoms with Crippen molar-refractivity contribution in [3.8, 4) is 11.1 Å². The van der Waals surface area contributed by atoms with Gasteiger partial charge in [-0.15, -0.1) is 0 Å². The van der Waals surface area contributed by atoms with E-state index < -0.39 is 17.5 Å². The third-order valence-electron chi connectivity index (χ3n) is 6.35. The molecule has 5 heteroatoms. The first kappa shape index (κ1) is 19.5. The molecule has 0 saturated carbocycles. The first-order valence-electron chi connectivity index (χ1n) is 10.4. The Balaban J connectivity index is 1.48. The summed E-state index contributed by atoms with van der Waals surface area (Å²) >= 11 is 0. The molecule has 1 aliphatic heterocycles. The van der Waals surface area contributed by atoms with Gasteiger partial charge in [0.15, 0.2) is 0 Å². The van der Waals surface area contributed by atoms with E-state index in [0.29, 0.717) is 25.8 Å². The molecule has 1 fully saturated rings. The van der Waals surface area contributed by atoms with Gasteiger partial charge in [0.25, 0.3) is 0 Å². The average Bonchev–Trinajstić information content (AvgIpc) is 3.06. The second-order valence-corrected chi connectivity index (χ2v) is 8.16. The van der Waals surface area contributed by atoms with Gasteiger partial charge in [0.1, 0.15) is 6.61 Å². The molecule has 0 radical (unpaired) electrons. The van der Waals surface area contributed by atoms with Crippen LogP contribution in [0.2, 0.25) is 0 Å². The highest BCUT2D eigenvalue weighted by molar-refractivity contribution is 5.79. The maximum absolute atomic E-state index is 12.8. The van der Waals surface area contributed by atoms with Crippen molar-refractivity contribution in [2.24, 2.45) is 5.41 Å². The Bertz CT molecular complexity index is 875. The molecule has 29 heavy (non-hydrogen) atoms. The molecule has 2 aliphatic rings. The van der Waals surface area contributed by atoms with Crippen molar-refractivity contribution in [3.05, 3.63) is 59.7 Å². The standard InChI is InChI=1S/C24H27NO4/c1-2-12-24(22(26)27)13-7-14-25(16-24)23(28)29-15-21-19-10-5-3-8-17(19)18-9-4-6-11-20(18)21/h3-6,8-11,21H,2,7,12-16H2,1H3,(H,26,27). The maximum Gasteiger partial charge on any atom is 0.409 e. The van der Waals surface area contributed by atoms with Gasteiger partial charge in [0.2, 0.25) is 0 Å². The molecular weight excluding hydrogens is 366 g/mol. The zero-order valence-corrected chi connectivity index (χ0v) is 16.8. The van der Waals surface area contributed by atoms with E-state index in [2.05, 4.69) is 24.3 Å². The molecule has 1 saturated heterocycles. The molecule has 5 nitrogen and oxygen atoms in total. The van der Waals surface area contributed by atoms with Crippen LogP contribution in [-0.4, -0.2) is 41.8 Å². The minimum atomic E-state index is -0.849. The van der Waals surface area contributed by atoms with Crippen LogP contribution >= 0.6 is 0 Å². The van der Waals surface area contributed by atoms with Gasteiger partial charge in [-0.05, 0) is 41.5 Å². The van der Waals surface area contributed by atoms with Crippen molar-refractivity contribution in [1.29, 1.82) is 0 Å². The van der Waals surface area contributed by atoms with Gasteiger partial charge >= 0.3 is 12.1 Å². The summed E-state index contributed by atoms with van der Waals surface area (Å²) in [7, 11) is 0. The Hall–Kier alpha value is -2.82. The minimum Gasteiger partial charge on any atom is -0.481 e. The van der Waals surface area contributed by atoms with E-state index in [-0.39, 0.29) is 19.1 Å². The molecule has 0 spiro atoms. The Morgan fingerprint density at radius 3 is 2.31 bits per heavy atom. The third-order valence-corrected chi connectivity index (χ3v) is 6.35. The number of likely N-dealkylation sites (tertiary alicyclic amines) is 1. The van der Waals surface area contributed by atoms with Crippen molar-refractivity contribution in [2.45, 2.75) is 38.5 Å². The van der Waals surface area contributed by atoms with E-state index in [9.17, 15) is 14.7 Å². The van der Waals surface area contributed by atoms with Gasteiger partial charge in [0, 0.05) is 19.0 Å². The second-order valence-electron chi connectivity index (χ2n) is 8.16. The smallest absolute Gasteiger partial charge is 0.409 e. The number of hydrogen-bond donors (Lipinski definition) is 1. The molecule has 1 amide bonds. The first-order valence-corrected chi connectivity index (χ1v) is 10.4. The Labute approximate surface area is 171 Å². The summed E-state index contributed by atoms with van der Waals surface area (Å²) in [6.07, 6.45) is 2.26. The van der Waals surface area contributed by atoms with Gasteiger partial charge in [-0.3, -0.25) is 4.79 Å². The van der Waals surface area contributed by atoms with E-state index in [1.54, 1.807) is 4.90 Å². The molecule has 1 atom stereocenters. The number of aliphatic carboxylic acids is 1. The number of nitrogens with zero attached hydrogens (tertiary/aromatic N) is 1. The Morgan fingerprint density at radius 2 is 1.72 bits per heavy atom. The fourth-order valence-electron chi connectivity index (χ4n) is 4.94. The number of piperidine rings is 1. The van der Waals surface area contributed by atoms with Crippen LogP contribution in [0.1, 0.15) is 49.7 Å². The number of benzene rings is 2. The number of carboxylic acids is 1. The monoisotopic (exact) mass is 393 g/mol. The molecule has 1 N–H and O–H groups in total. The predicted molar refractivity (Wildman–Crippen MR) is 111 cm³/mol. The fraction of sp³-hybridized carbons (Fsp3) is 0.417. The Kier molecular flexibility index (Phi) is 5.31. The lowest BCUT2D eigenvalue weighted by atomic mass is 9.76. The third kappa shape index (κ3) is 3.50. The molecule has 0 aromatic heterocycles. The van der Waals surface area contributed by atoms with Crippen molar-refractivity contribution >= 4 is 12.1 Å². The molecule has 1 aliphatic carbocycles. The maximum atomic E-state index is 12.8. The molecule has 1 heterocycles. The number of rotatable bonds is 5. The summed E-state index contributed by atoms with van der Waals surface area (Å²) < 4.78 is 5.72. The Morgan fingerprint density at radius 1 is 1.10 bits per heavy atom. The van der Waals surface area contributed by atoms with Crippen LogP contribution in [0.4, 0.5) is 4.79 Å². The molecule has 2 aromatic carbocycles. The predicted octanol–water partition coefficient (Wildman–Crippen LogP) is 4.90. The van der Waals surface area contributed by atoms with E-state index >= 15 is 0 Å². The molecule has 4 rings (SSSR count). The van der Waals surface area contributed by atoms with E-state index in [1.807, 2.05) is 31.2 Å². The summed E-state index contributed by atoms with van der Waals surface area (Å²) in [5, 5.41) is 9.76. The van der Waals surface area contributed by atoms with Crippen LogP contribution in [-0.2, 0) is 9.53 Å². The molecule has 152 valence electrons. The second kappa shape index (κ2) is 7.90. The van der Waals surface area contributed by atoms with Gasteiger partial charge in [0.05, 0.1) is 5.41 Å². The van der Waals surface area contributed by atoms with E-state index in [0.717, 1.165) is 6.42 Å². The summed E-state index contributed by atoms with van der Waals surface area (Å²) in [6, 6.07) is 16.5. The lowest BCUT2D eigenvalue weighted by Gasteiger charge is -2.39. The van der Waals surface area contributed by atoms with Crippen LogP contribution in [0.3, 0.4) is 0 Å². The van der Waals surface area contributed by atoms with Gasteiger partial charge in [-0.2, -0.15) is 0 Å². The summed E-state index contributed by atoms with van der Waals surface area (Å²) in [5.41, 5.74) is 3.88. The summed E-state index contributed by atoms with van der Waals surface area (Å²) in [6.45, 7) is 3.02. The number of carboxylic acid groups (broad SMARTS) is 1. The van der Waals surface area contributed by atoms with Gasteiger partial charge in [-0.1, -0.05) is 61.9 Å². The SMILES string of the molecule is CCCC1(C(=O)O)CCCN(C(=O)OCC2c3ccccc3-c3ccccc32)C1. The van der Waals surface area contributed by atoms with Crippen molar-refractivity contribution in [2.75, 3.05) is 19.7 Å². The van der Waals surface area contributed by atoms with Crippen LogP contribution in [0.15, 0.2) is 48.5 Å². The zero-order chi connectivity index (χ0) is 20.4. The van der Waals surface area contributed by atoms with Crippen molar-refractivity contribution in [1.82, 2.24) is 4.90 Å². The number of hydrogen-bond acceptors (Lipinski definition) is 3. The highest BCUT2D eigenvalue weighted by Crippen LogP contribution is 2.44. The fourth-order valence-corrected chi connectivity index (χ4v) is 4.94. The number of ether oxygens (including phenoxy) is 1. The quantitative estimate of drug-likeness (QED) is 0.784. The first-order chi connectivity index (χ1) is 14.1. The zero-order valence-electron chi connectivity index (χ0n) is 16.8. The molecule has 2 aromatic rings. The van der Waals surface area contributed by atoms with Gasteiger partial charge in [-0.25, -0.2) is 4.79 Å². The topological polar surface area (TPSA) is 66.8 Å². The summed E-state index contributed by atoms with van der Waals surface area (Å²) in [5.74, 6) is -0.800. The van der Waals surface area contributed by atoms with Crippen LogP contribution in [0.25, 0.3) is 11.1 Å². The average molecular weight is 393 g/mol. The molecule has 0 bridgehead atoms. The van der Waals surface area contributed by atoms with E-state index in [1.165, 1.54) is 22.3 Å². The lowest BCUT2D eigenvalue weighted by Crippen LogP contribution is -2.50. The van der Waals surface area contributed by atoms with E-state index in [4.69, 9.17) is 4.74 Å². The minimum absolute atomic E-state index is 0.0102. The molecular formula is C24H27NO4. The van der Waals surface area contributed by atoms with Crippen LogP contribution < -0.4 is 0 Å². The summed E-state index contributed by atoms with van der Waals surface area (Å²) in [4.78, 5) is 26.3. The number of fused-ring (bicyclic) bond motifs is 3. The number of amides is 1. The van der Waals surface area contributed by atoms with Gasteiger partial charge < -0.3 is 14.7 Å². The van der Waals surface area contributed by atoms with Crippen LogP contribution in [0.5, 0.6) is 0 Å².